The molecule has 124 valence electrons. The average molecular weight is 328 g/mol. The summed E-state index contributed by atoms with van der Waals surface area (Å²) in [5, 5.41) is 12.2. The Balaban J connectivity index is 1.85. The molecule has 3 unspecified atom stereocenters. The molecule has 1 aliphatic carbocycles. The summed E-state index contributed by atoms with van der Waals surface area (Å²) in [7, 11) is 0. The summed E-state index contributed by atoms with van der Waals surface area (Å²) in [4.78, 5) is 11.9. The molecule has 1 aromatic heterocycles. The molecule has 2 rings (SSSR count). The van der Waals surface area contributed by atoms with Crippen LogP contribution in [0, 0.1) is 0 Å². The maximum Gasteiger partial charge on any atom is 0.407 e. The van der Waals surface area contributed by atoms with Crippen LogP contribution >= 0.6 is 11.5 Å². The van der Waals surface area contributed by atoms with Gasteiger partial charge in [-0.15, -0.1) is 5.10 Å². The summed E-state index contributed by atoms with van der Waals surface area (Å²) < 4.78 is 14.8. The number of nitrogens with zero attached hydrogens (tertiary/aromatic N) is 2. The molecule has 1 aliphatic rings. The monoisotopic (exact) mass is 328 g/mol. The molecule has 0 saturated heterocycles. The number of carbonyl (C=O) groups excluding carboxylic acids is 1. The van der Waals surface area contributed by atoms with Crippen molar-refractivity contribution in [1.29, 1.82) is 0 Å². The van der Waals surface area contributed by atoms with Crippen molar-refractivity contribution in [2.24, 2.45) is 0 Å². The van der Waals surface area contributed by atoms with E-state index in [9.17, 15) is 4.79 Å². The first-order valence-electron chi connectivity index (χ1n) is 7.49. The Morgan fingerprint density at radius 2 is 2.27 bits per heavy atom. The van der Waals surface area contributed by atoms with E-state index in [-0.39, 0.29) is 18.2 Å². The third-order valence-corrected chi connectivity index (χ3v) is 3.88. The Labute approximate surface area is 134 Å². The second kappa shape index (κ2) is 7.34. The molecule has 1 saturated carbocycles. The van der Waals surface area contributed by atoms with E-state index in [4.69, 9.17) is 9.47 Å². The van der Waals surface area contributed by atoms with Crippen LogP contribution in [0.4, 0.5) is 4.79 Å². The van der Waals surface area contributed by atoms with Crippen LogP contribution in [0.2, 0.25) is 0 Å². The van der Waals surface area contributed by atoms with Gasteiger partial charge in [-0.3, -0.25) is 0 Å². The van der Waals surface area contributed by atoms with Crippen LogP contribution in [0.15, 0.2) is 5.38 Å². The zero-order chi connectivity index (χ0) is 16.2. The molecule has 0 bridgehead atoms. The van der Waals surface area contributed by atoms with Crippen LogP contribution < -0.4 is 10.6 Å². The number of carbonyl (C=O) groups is 1. The maximum atomic E-state index is 11.9. The third kappa shape index (κ3) is 4.89. The SMILES string of the molecule is CCOC1CC(NC(=O)OC(C)(C)C)C1NCc1csnn1. The first kappa shape index (κ1) is 17.1. The van der Waals surface area contributed by atoms with E-state index in [0.29, 0.717) is 13.2 Å². The molecule has 1 amide bonds. The van der Waals surface area contributed by atoms with Gasteiger partial charge < -0.3 is 20.1 Å². The van der Waals surface area contributed by atoms with Crippen LogP contribution in [0.5, 0.6) is 0 Å². The van der Waals surface area contributed by atoms with Gasteiger partial charge in [0.2, 0.25) is 0 Å². The minimum Gasteiger partial charge on any atom is -0.444 e. The fraction of sp³-hybridized carbons (Fsp3) is 0.786. The van der Waals surface area contributed by atoms with Crippen molar-refractivity contribution in [3.63, 3.8) is 0 Å². The normalized spacial score (nSPS) is 24.6. The van der Waals surface area contributed by atoms with Crippen LogP contribution in [0.3, 0.4) is 0 Å². The molecule has 0 aliphatic heterocycles. The van der Waals surface area contributed by atoms with Crippen molar-refractivity contribution in [1.82, 2.24) is 20.2 Å². The molecule has 0 radical (unpaired) electrons. The van der Waals surface area contributed by atoms with E-state index < -0.39 is 11.7 Å². The molecule has 1 heterocycles. The lowest BCUT2D eigenvalue weighted by Gasteiger charge is -2.44. The van der Waals surface area contributed by atoms with E-state index in [0.717, 1.165) is 12.1 Å². The lowest BCUT2D eigenvalue weighted by Crippen LogP contribution is -2.66. The predicted molar refractivity (Wildman–Crippen MR) is 83.7 cm³/mol. The van der Waals surface area contributed by atoms with Gasteiger partial charge in [0.15, 0.2) is 0 Å². The summed E-state index contributed by atoms with van der Waals surface area (Å²) in [5.74, 6) is 0. The fourth-order valence-electron chi connectivity index (χ4n) is 2.36. The summed E-state index contributed by atoms with van der Waals surface area (Å²) in [5.41, 5.74) is 0.394. The van der Waals surface area contributed by atoms with E-state index >= 15 is 0 Å². The van der Waals surface area contributed by atoms with Crippen molar-refractivity contribution in [2.75, 3.05) is 6.61 Å². The van der Waals surface area contributed by atoms with Gasteiger partial charge in [-0.05, 0) is 45.6 Å². The molecule has 7 nitrogen and oxygen atoms in total. The number of aromatic nitrogens is 2. The lowest BCUT2D eigenvalue weighted by molar-refractivity contribution is -0.0439. The van der Waals surface area contributed by atoms with Gasteiger partial charge in [0.1, 0.15) is 5.60 Å². The first-order chi connectivity index (χ1) is 10.4. The number of alkyl carbamates (subject to hydrolysis) is 1. The minimum atomic E-state index is -0.498. The lowest BCUT2D eigenvalue weighted by atomic mass is 9.82. The van der Waals surface area contributed by atoms with E-state index in [1.807, 2.05) is 33.1 Å². The van der Waals surface area contributed by atoms with Gasteiger partial charge in [0.25, 0.3) is 0 Å². The highest BCUT2D eigenvalue weighted by Crippen LogP contribution is 2.25. The fourth-order valence-corrected chi connectivity index (χ4v) is 2.81. The second-order valence-electron chi connectivity index (χ2n) is 6.29. The molecular weight excluding hydrogens is 304 g/mol. The van der Waals surface area contributed by atoms with Crippen molar-refractivity contribution in [3.8, 4) is 0 Å². The van der Waals surface area contributed by atoms with E-state index in [1.54, 1.807) is 0 Å². The zero-order valence-electron chi connectivity index (χ0n) is 13.5. The van der Waals surface area contributed by atoms with Crippen LogP contribution in [-0.4, -0.2) is 46.1 Å². The van der Waals surface area contributed by atoms with Crippen molar-refractivity contribution in [2.45, 2.75) is 64.4 Å². The predicted octanol–water partition coefficient (Wildman–Crippen LogP) is 1.70. The number of nitrogens with one attached hydrogen (secondary N) is 2. The topological polar surface area (TPSA) is 85.4 Å². The zero-order valence-corrected chi connectivity index (χ0v) is 14.3. The summed E-state index contributed by atoms with van der Waals surface area (Å²) in [6.45, 7) is 8.78. The Kier molecular flexibility index (Phi) is 5.71. The molecule has 0 aromatic carbocycles. The Bertz CT molecular complexity index is 475. The summed E-state index contributed by atoms with van der Waals surface area (Å²) in [6.07, 6.45) is 0.478. The van der Waals surface area contributed by atoms with Crippen LogP contribution in [0.1, 0.15) is 39.8 Å². The molecule has 0 spiro atoms. The molecule has 1 fully saturated rings. The highest BCUT2D eigenvalue weighted by molar-refractivity contribution is 7.03. The van der Waals surface area contributed by atoms with Gasteiger partial charge in [0.05, 0.1) is 23.9 Å². The second-order valence-corrected chi connectivity index (χ2v) is 6.89. The average Bonchev–Trinajstić information content (AvgIpc) is 2.88. The standard InChI is InChI=1S/C14H24N4O3S/c1-5-20-11-6-10(16-13(19)21-14(2,3)4)12(11)15-7-9-8-22-18-17-9/h8,10-12,15H,5-7H2,1-4H3,(H,16,19). The van der Waals surface area contributed by atoms with Crippen molar-refractivity contribution < 1.29 is 14.3 Å². The van der Waals surface area contributed by atoms with E-state index in [1.165, 1.54) is 11.5 Å². The molecule has 3 atom stereocenters. The highest BCUT2D eigenvalue weighted by atomic mass is 32.1. The molecule has 1 aromatic rings. The minimum absolute atomic E-state index is 0.00186. The molecule has 22 heavy (non-hydrogen) atoms. The molecule has 8 heteroatoms. The van der Waals surface area contributed by atoms with Crippen LogP contribution in [-0.2, 0) is 16.0 Å². The number of ether oxygens (including phenoxy) is 2. The van der Waals surface area contributed by atoms with Crippen LogP contribution in [0.25, 0.3) is 0 Å². The van der Waals surface area contributed by atoms with Gasteiger partial charge in [-0.25, -0.2) is 4.79 Å². The number of amides is 1. The molecular formula is C14H24N4O3S. The van der Waals surface area contributed by atoms with Crippen molar-refractivity contribution in [3.05, 3.63) is 11.1 Å². The number of rotatable bonds is 6. The van der Waals surface area contributed by atoms with E-state index in [2.05, 4.69) is 20.2 Å². The summed E-state index contributed by atoms with van der Waals surface area (Å²) >= 11 is 1.32. The maximum absolute atomic E-state index is 11.9. The van der Waals surface area contributed by atoms with Gasteiger partial charge >= 0.3 is 6.09 Å². The number of hydrogen-bond acceptors (Lipinski definition) is 7. The van der Waals surface area contributed by atoms with Crippen molar-refractivity contribution >= 4 is 17.6 Å². The number of hydrogen-bond donors (Lipinski definition) is 2. The third-order valence-electron chi connectivity index (χ3n) is 3.33. The molecule has 2 N–H and O–H groups in total. The Morgan fingerprint density at radius 3 is 2.86 bits per heavy atom. The van der Waals surface area contributed by atoms with Gasteiger partial charge in [-0.1, -0.05) is 4.49 Å². The van der Waals surface area contributed by atoms with Gasteiger partial charge in [0, 0.05) is 18.5 Å². The Morgan fingerprint density at radius 1 is 1.50 bits per heavy atom. The smallest absolute Gasteiger partial charge is 0.407 e. The quantitative estimate of drug-likeness (QED) is 0.827. The van der Waals surface area contributed by atoms with Gasteiger partial charge in [-0.2, -0.15) is 0 Å². The highest BCUT2D eigenvalue weighted by Gasteiger charge is 2.42. The first-order valence-corrected chi connectivity index (χ1v) is 8.33. The Hall–Kier alpha value is -1.25. The largest absolute Gasteiger partial charge is 0.444 e. The summed E-state index contributed by atoms with van der Waals surface area (Å²) in [6, 6.07) is 0.0483.